The topological polar surface area (TPSA) is 32.7 Å². The minimum atomic E-state index is -0.339. The number of nitrogens with zero attached hydrogens (tertiary/aromatic N) is 2. The van der Waals surface area contributed by atoms with E-state index in [2.05, 4.69) is 5.10 Å². The molecular formula is C14H16N2O. The molecule has 88 valence electrons. The van der Waals surface area contributed by atoms with E-state index in [1.54, 1.807) is 5.01 Å². The van der Waals surface area contributed by atoms with E-state index in [9.17, 15) is 4.79 Å². The Morgan fingerprint density at radius 3 is 2.71 bits per heavy atom. The largest absolute Gasteiger partial charge is 0.271 e. The van der Waals surface area contributed by atoms with E-state index in [1.165, 1.54) is 0 Å². The minimum Gasteiger partial charge on any atom is -0.271 e. The fraction of sp³-hybridized carbons (Fsp3) is 0.429. The Morgan fingerprint density at radius 1 is 1.24 bits per heavy atom. The molecule has 3 nitrogen and oxygen atoms in total. The standard InChI is InChI=1S/C14H16N2O/c1-14-10-6-5-9-12(14)15-16(13(14)17)11-7-3-2-4-8-11/h2-4,7-8H,5-6,9-10H2,1H3/t14-/m1/s1. The minimum absolute atomic E-state index is 0.137. The number of carbonyl (C=O) groups is 1. The average Bonchev–Trinajstić information content (AvgIpc) is 2.64. The van der Waals surface area contributed by atoms with Crippen molar-refractivity contribution in [3.05, 3.63) is 30.3 Å². The third-order valence-electron chi connectivity index (χ3n) is 3.86. The number of hydrogen-bond acceptors (Lipinski definition) is 2. The van der Waals surface area contributed by atoms with Crippen LogP contribution in [0.2, 0.25) is 0 Å². The molecule has 0 bridgehead atoms. The third kappa shape index (κ3) is 1.49. The van der Waals surface area contributed by atoms with Crippen molar-refractivity contribution < 1.29 is 4.79 Å². The van der Waals surface area contributed by atoms with Gasteiger partial charge < -0.3 is 0 Å². The fourth-order valence-electron chi connectivity index (χ4n) is 2.73. The Balaban J connectivity index is 2.00. The van der Waals surface area contributed by atoms with Gasteiger partial charge in [0.1, 0.15) is 0 Å². The lowest BCUT2D eigenvalue weighted by molar-refractivity contribution is -0.123. The molecular weight excluding hydrogens is 212 g/mol. The predicted molar refractivity (Wildman–Crippen MR) is 67.9 cm³/mol. The van der Waals surface area contributed by atoms with Crippen LogP contribution in [0.1, 0.15) is 32.6 Å². The van der Waals surface area contributed by atoms with Gasteiger partial charge in [-0.3, -0.25) is 4.79 Å². The molecule has 0 spiro atoms. The van der Waals surface area contributed by atoms with Crippen molar-refractivity contribution in [2.24, 2.45) is 10.5 Å². The van der Waals surface area contributed by atoms with Crippen molar-refractivity contribution in [1.82, 2.24) is 0 Å². The number of rotatable bonds is 1. The van der Waals surface area contributed by atoms with Crippen LogP contribution in [0.4, 0.5) is 5.69 Å². The Morgan fingerprint density at radius 2 is 2.00 bits per heavy atom. The summed E-state index contributed by atoms with van der Waals surface area (Å²) in [7, 11) is 0. The van der Waals surface area contributed by atoms with Gasteiger partial charge in [-0.15, -0.1) is 0 Å². The second kappa shape index (κ2) is 3.69. The molecule has 1 heterocycles. The molecule has 1 fully saturated rings. The molecule has 17 heavy (non-hydrogen) atoms. The Kier molecular flexibility index (Phi) is 2.28. The summed E-state index contributed by atoms with van der Waals surface area (Å²) in [6.45, 7) is 2.04. The van der Waals surface area contributed by atoms with Crippen LogP contribution < -0.4 is 5.01 Å². The Hall–Kier alpha value is -1.64. The summed E-state index contributed by atoms with van der Waals surface area (Å²) in [5, 5.41) is 6.12. The molecule has 1 aromatic carbocycles. The van der Waals surface area contributed by atoms with Gasteiger partial charge in [0.2, 0.25) is 0 Å². The zero-order chi connectivity index (χ0) is 11.9. The van der Waals surface area contributed by atoms with Crippen LogP contribution in [0, 0.1) is 5.41 Å². The smallest absolute Gasteiger partial charge is 0.259 e. The molecule has 0 N–H and O–H groups in total. The summed E-state index contributed by atoms with van der Waals surface area (Å²) in [5.74, 6) is 0.137. The molecule has 1 amide bonds. The zero-order valence-electron chi connectivity index (χ0n) is 10.0. The second-order valence-corrected chi connectivity index (χ2v) is 5.04. The van der Waals surface area contributed by atoms with E-state index in [0.29, 0.717) is 0 Å². The van der Waals surface area contributed by atoms with Crippen LogP contribution in [0.15, 0.2) is 35.4 Å². The molecule has 1 saturated carbocycles. The summed E-state index contributed by atoms with van der Waals surface area (Å²) in [6, 6.07) is 9.69. The average molecular weight is 228 g/mol. The summed E-state index contributed by atoms with van der Waals surface area (Å²) >= 11 is 0. The first-order valence-electron chi connectivity index (χ1n) is 6.19. The van der Waals surface area contributed by atoms with Gasteiger partial charge in [-0.05, 0) is 38.3 Å². The summed E-state index contributed by atoms with van der Waals surface area (Å²) in [6.07, 6.45) is 4.19. The number of benzene rings is 1. The van der Waals surface area contributed by atoms with Crippen molar-refractivity contribution in [3.8, 4) is 0 Å². The van der Waals surface area contributed by atoms with E-state index in [0.717, 1.165) is 37.1 Å². The quantitative estimate of drug-likeness (QED) is 0.727. The number of hydrogen-bond donors (Lipinski definition) is 0. The first kappa shape index (κ1) is 10.5. The van der Waals surface area contributed by atoms with Crippen LogP contribution in [0.3, 0.4) is 0 Å². The summed E-state index contributed by atoms with van der Waals surface area (Å²) in [4.78, 5) is 12.5. The molecule has 0 radical (unpaired) electrons. The van der Waals surface area contributed by atoms with Gasteiger partial charge in [-0.25, -0.2) is 0 Å². The number of para-hydroxylation sites is 1. The third-order valence-corrected chi connectivity index (χ3v) is 3.86. The molecule has 1 aliphatic heterocycles. The second-order valence-electron chi connectivity index (χ2n) is 5.04. The maximum Gasteiger partial charge on any atom is 0.259 e. The fourth-order valence-corrected chi connectivity index (χ4v) is 2.73. The van der Waals surface area contributed by atoms with Gasteiger partial charge in [-0.1, -0.05) is 24.6 Å². The maximum atomic E-state index is 12.5. The molecule has 3 heteroatoms. The van der Waals surface area contributed by atoms with Gasteiger partial charge in [0.25, 0.3) is 5.91 Å². The van der Waals surface area contributed by atoms with E-state index in [4.69, 9.17) is 0 Å². The first-order valence-corrected chi connectivity index (χ1v) is 6.19. The highest BCUT2D eigenvalue weighted by Crippen LogP contribution is 2.41. The molecule has 2 aliphatic rings. The SMILES string of the molecule is C[C@@]12CCCCC1=NN(c1ccccc1)C2=O. The highest BCUT2D eigenvalue weighted by molar-refractivity contribution is 6.19. The number of carbonyl (C=O) groups excluding carboxylic acids is 1. The molecule has 0 saturated heterocycles. The monoisotopic (exact) mass is 228 g/mol. The Bertz CT molecular complexity index is 480. The number of anilines is 1. The predicted octanol–water partition coefficient (Wildman–Crippen LogP) is 2.97. The highest BCUT2D eigenvalue weighted by atomic mass is 16.2. The van der Waals surface area contributed by atoms with Crippen molar-refractivity contribution in [2.75, 3.05) is 5.01 Å². The molecule has 1 aromatic rings. The van der Waals surface area contributed by atoms with E-state index in [-0.39, 0.29) is 11.3 Å². The van der Waals surface area contributed by atoms with Crippen LogP contribution >= 0.6 is 0 Å². The number of fused-ring (bicyclic) bond motifs is 1. The molecule has 1 aliphatic carbocycles. The van der Waals surface area contributed by atoms with E-state index >= 15 is 0 Å². The maximum absolute atomic E-state index is 12.5. The molecule has 1 atom stereocenters. The number of hydrazone groups is 1. The van der Waals surface area contributed by atoms with Crippen LogP contribution in [0.5, 0.6) is 0 Å². The first-order chi connectivity index (χ1) is 8.22. The van der Waals surface area contributed by atoms with Gasteiger partial charge in [-0.2, -0.15) is 10.1 Å². The van der Waals surface area contributed by atoms with Crippen LogP contribution in [0.25, 0.3) is 0 Å². The lowest BCUT2D eigenvalue weighted by Crippen LogP contribution is -2.39. The van der Waals surface area contributed by atoms with Crippen LogP contribution in [-0.4, -0.2) is 11.6 Å². The van der Waals surface area contributed by atoms with Gasteiger partial charge in [0, 0.05) is 0 Å². The normalized spacial score (nSPS) is 27.9. The molecule has 0 unspecified atom stereocenters. The van der Waals surface area contributed by atoms with Crippen LogP contribution in [-0.2, 0) is 4.79 Å². The lowest BCUT2D eigenvalue weighted by Gasteiger charge is -2.28. The summed E-state index contributed by atoms with van der Waals surface area (Å²) < 4.78 is 0. The van der Waals surface area contributed by atoms with Crippen molar-refractivity contribution in [1.29, 1.82) is 0 Å². The number of amides is 1. The Labute approximate surface area is 101 Å². The highest BCUT2D eigenvalue weighted by Gasteiger charge is 2.48. The molecule has 3 rings (SSSR count). The van der Waals surface area contributed by atoms with E-state index < -0.39 is 0 Å². The van der Waals surface area contributed by atoms with Gasteiger partial charge in [0.05, 0.1) is 16.8 Å². The summed E-state index contributed by atoms with van der Waals surface area (Å²) in [5.41, 5.74) is 1.60. The van der Waals surface area contributed by atoms with Crippen molar-refractivity contribution >= 4 is 17.3 Å². The van der Waals surface area contributed by atoms with Crippen molar-refractivity contribution in [2.45, 2.75) is 32.6 Å². The van der Waals surface area contributed by atoms with Gasteiger partial charge in [0.15, 0.2) is 0 Å². The van der Waals surface area contributed by atoms with Gasteiger partial charge >= 0.3 is 0 Å². The van der Waals surface area contributed by atoms with Crippen molar-refractivity contribution in [3.63, 3.8) is 0 Å². The zero-order valence-corrected chi connectivity index (χ0v) is 10.0. The van der Waals surface area contributed by atoms with E-state index in [1.807, 2.05) is 37.3 Å². The lowest BCUT2D eigenvalue weighted by atomic mass is 9.74. The molecule has 0 aromatic heterocycles.